The van der Waals surface area contributed by atoms with E-state index in [1.54, 1.807) is 30.6 Å². The van der Waals surface area contributed by atoms with Crippen LogP contribution < -0.4 is 4.90 Å². The van der Waals surface area contributed by atoms with E-state index >= 15 is 0 Å². The molecule has 26 heavy (non-hydrogen) atoms. The van der Waals surface area contributed by atoms with Crippen molar-refractivity contribution in [3.05, 3.63) is 54.0 Å². The number of anilines is 1. The fraction of sp³-hybridized carbons (Fsp3) is 0.400. The quantitative estimate of drug-likeness (QED) is 0.791. The van der Waals surface area contributed by atoms with E-state index in [2.05, 4.69) is 14.9 Å². The minimum atomic E-state index is -0.125. The van der Waals surface area contributed by atoms with E-state index < -0.39 is 0 Å². The van der Waals surface area contributed by atoms with Crippen LogP contribution in [0.15, 0.2) is 42.7 Å². The highest BCUT2D eigenvalue weighted by molar-refractivity contribution is 6.07. The zero-order valence-electron chi connectivity index (χ0n) is 14.7. The van der Waals surface area contributed by atoms with Gasteiger partial charge in [-0.3, -0.25) is 14.6 Å². The van der Waals surface area contributed by atoms with Gasteiger partial charge in [-0.25, -0.2) is 4.98 Å². The molecule has 2 fully saturated rings. The second-order valence-electron chi connectivity index (χ2n) is 6.89. The smallest absolute Gasteiger partial charge is 0.225 e. The van der Waals surface area contributed by atoms with Crippen LogP contribution in [0.3, 0.4) is 0 Å². The molecule has 2 aromatic heterocycles. The summed E-state index contributed by atoms with van der Waals surface area (Å²) in [7, 11) is 0. The second-order valence-corrected chi connectivity index (χ2v) is 6.89. The summed E-state index contributed by atoms with van der Waals surface area (Å²) in [5.74, 6) is 1.24. The number of carbonyl (C=O) groups excluding carboxylic acids is 2. The van der Waals surface area contributed by atoms with Gasteiger partial charge in [-0.15, -0.1) is 0 Å². The summed E-state index contributed by atoms with van der Waals surface area (Å²) < 4.78 is 0. The molecular formula is C20H22N4O2. The van der Waals surface area contributed by atoms with Gasteiger partial charge in [0.25, 0.3) is 0 Å². The number of pyridine rings is 2. The second kappa shape index (κ2) is 7.23. The predicted molar refractivity (Wildman–Crippen MR) is 98.0 cm³/mol. The van der Waals surface area contributed by atoms with Gasteiger partial charge in [0.15, 0.2) is 0 Å². The van der Waals surface area contributed by atoms with Gasteiger partial charge in [-0.2, -0.15) is 0 Å². The van der Waals surface area contributed by atoms with Crippen molar-refractivity contribution in [2.45, 2.75) is 19.3 Å². The summed E-state index contributed by atoms with van der Waals surface area (Å²) in [6.45, 7) is 3.11. The molecule has 1 saturated carbocycles. The van der Waals surface area contributed by atoms with Crippen molar-refractivity contribution < 1.29 is 9.59 Å². The van der Waals surface area contributed by atoms with Gasteiger partial charge >= 0.3 is 0 Å². The van der Waals surface area contributed by atoms with E-state index in [-0.39, 0.29) is 11.7 Å². The number of hydrogen-bond acceptors (Lipinski definition) is 5. The number of carbonyl (C=O) groups is 2. The predicted octanol–water partition coefficient (Wildman–Crippen LogP) is 2.16. The number of ketones is 1. The largest absolute Gasteiger partial charge is 0.355 e. The molecule has 0 unspecified atom stereocenters. The number of amides is 1. The fourth-order valence-corrected chi connectivity index (χ4v) is 3.33. The maximum absolute atomic E-state index is 12.6. The number of nitrogens with zero attached hydrogens (tertiary/aromatic N) is 4. The first-order chi connectivity index (χ1) is 12.7. The van der Waals surface area contributed by atoms with Gasteiger partial charge in [0.05, 0.1) is 0 Å². The van der Waals surface area contributed by atoms with Crippen LogP contribution in [-0.2, 0) is 4.79 Å². The molecule has 1 saturated heterocycles. The highest BCUT2D eigenvalue weighted by atomic mass is 16.2. The molecule has 1 aliphatic heterocycles. The summed E-state index contributed by atoms with van der Waals surface area (Å²) in [5.41, 5.74) is 0.958. The van der Waals surface area contributed by atoms with Crippen molar-refractivity contribution in [2.75, 3.05) is 31.1 Å². The van der Waals surface area contributed by atoms with Gasteiger partial charge in [0.2, 0.25) is 11.7 Å². The molecule has 0 spiro atoms. The lowest BCUT2D eigenvalue weighted by Crippen LogP contribution is -2.36. The Kier molecular flexibility index (Phi) is 4.65. The normalized spacial score (nSPS) is 17.7. The van der Waals surface area contributed by atoms with Crippen molar-refractivity contribution >= 4 is 17.5 Å². The molecule has 0 bridgehead atoms. The maximum atomic E-state index is 12.6. The molecule has 2 aliphatic rings. The third kappa shape index (κ3) is 3.59. The Morgan fingerprint density at radius 3 is 2.65 bits per heavy atom. The van der Waals surface area contributed by atoms with Crippen LogP contribution in [0.2, 0.25) is 0 Å². The first-order valence-electron chi connectivity index (χ1n) is 9.18. The van der Waals surface area contributed by atoms with E-state index in [1.807, 2.05) is 17.0 Å². The molecule has 0 aromatic carbocycles. The van der Waals surface area contributed by atoms with Crippen LogP contribution in [0.25, 0.3) is 0 Å². The molecule has 3 heterocycles. The first-order valence-corrected chi connectivity index (χ1v) is 9.18. The average molecular weight is 350 g/mol. The van der Waals surface area contributed by atoms with Gasteiger partial charge in [-0.1, -0.05) is 6.07 Å². The lowest BCUT2D eigenvalue weighted by Gasteiger charge is -2.23. The molecule has 6 nitrogen and oxygen atoms in total. The van der Waals surface area contributed by atoms with Gasteiger partial charge in [-0.05, 0) is 43.5 Å². The highest BCUT2D eigenvalue weighted by Gasteiger charge is 2.34. The molecule has 0 radical (unpaired) electrons. The van der Waals surface area contributed by atoms with Crippen LogP contribution >= 0.6 is 0 Å². The summed E-state index contributed by atoms with van der Waals surface area (Å²) >= 11 is 0. The summed E-state index contributed by atoms with van der Waals surface area (Å²) in [5, 5.41) is 0. The number of hydrogen-bond donors (Lipinski definition) is 0. The molecule has 0 N–H and O–H groups in total. The van der Waals surface area contributed by atoms with Crippen LogP contribution in [0.4, 0.5) is 5.82 Å². The minimum Gasteiger partial charge on any atom is -0.355 e. The van der Waals surface area contributed by atoms with Gasteiger partial charge < -0.3 is 9.80 Å². The maximum Gasteiger partial charge on any atom is 0.225 e. The standard InChI is InChI=1S/C20H22N4O2/c25-19(16-4-2-9-21-14-16)17-5-1-6-18(22-17)23-10-3-11-24(13-12-23)20(26)15-7-8-15/h1-2,4-6,9,14-15H,3,7-8,10-13H2. The molecule has 134 valence electrons. The van der Waals surface area contributed by atoms with Crippen molar-refractivity contribution in [1.82, 2.24) is 14.9 Å². The van der Waals surface area contributed by atoms with E-state index in [1.165, 1.54) is 0 Å². The monoisotopic (exact) mass is 350 g/mol. The van der Waals surface area contributed by atoms with Crippen LogP contribution in [0.1, 0.15) is 35.3 Å². The van der Waals surface area contributed by atoms with E-state index in [0.717, 1.165) is 51.3 Å². The summed E-state index contributed by atoms with van der Waals surface area (Å²) in [6, 6.07) is 9.02. The Morgan fingerprint density at radius 2 is 1.88 bits per heavy atom. The highest BCUT2D eigenvalue weighted by Crippen LogP contribution is 2.31. The van der Waals surface area contributed by atoms with Crippen LogP contribution in [-0.4, -0.2) is 52.7 Å². The molecule has 4 rings (SSSR count). The first kappa shape index (κ1) is 16.7. The van der Waals surface area contributed by atoms with E-state index in [9.17, 15) is 9.59 Å². The van der Waals surface area contributed by atoms with Crippen molar-refractivity contribution in [1.29, 1.82) is 0 Å². The van der Waals surface area contributed by atoms with Crippen LogP contribution in [0, 0.1) is 5.92 Å². The van der Waals surface area contributed by atoms with Gasteiger partial charge in [0.1, 0.15) is 11.5 Å². The molecule has 1 aliphatic carbocycles. The van der Waals surface area contributed by atoms with Crippen molar-refractivity contribution in [3.63, 3.8) is 0 Å². The average Bonchev–Trinajstić information content (AvgIpc) is 3.54. The SMILES string of the molecule is O=C(c1cccnc1)c1cccc(N2CCCN(C(=O)C3CC3)CC2)n1. The zero-order chi connectivity index (χ0) is 17.9. The lowest BCUT2D eigenvalue weighted by molar-refractivity contribution is -0.132. The van der Waals surface area contributed by atoms with Crippen LogP contribution in [0.5, 0.6) is 0 Å². The van der Waals surface area contributed by atoms with Crippen molar-refractivity contribution in [2.24, 2.45) is 5.92 Å². The Hall–Kier alpha value is -2.76. The fourth-order valence-electron chi connectivity index (χ4n) is 3.33. The molecule has 6 heteroatoms. The minimum absolute atomic E-state index is 0.125. The Bertz CT molecular complexity index is 804. The molecular weight excluding hydrogens is 328 g/mol. The lowest BCUT2D eigenvalue weighted by atomic mass is 10.1. The van der Waals surface area contributed by atoms with E-state index in [4.69, 9.17) is 0 Å². The summed E-state index contributed by atoms with van der Waals surface area (Å²) in [6.07, 6.45) is 6.20. The molecule has 2 aromatic rings. The van der Waals surface area contributed by atoms with Gasteiger partial charge in [0, 0.05) is 50.1 Å². The Morgan fingerprint density at radius 1 is 1.00 bits per heavy atom. The third-order valence-corrected chi connectivity index (χ3v) is 4.95. The Balaban J connectivity index is 1.48. The molecule has 1 amide bonds. The number of aromatic nitrogens is 2. The van der Waals surface area contributed by atoms with E-state index in [0.29, 0.717) is 17.2 Å². The molecule has 0 atom stereocenters. The Labute approximate surface area is 152 Å². The third-order valence-electron chi connectivity index (χ3n) is 4.95. The zero-order valence-corrected chi connectivity index (χ0v) is 14.7. The van der Waals surface area contributed by atoms with Crippen molar-refractivity contribution in [3.8, 4) is 0 Å². The summed E-state index contributed by atoms with van der Waals surface area (Å²) in [4.78, 5) is 37.6. The topological polar surface area (TPSA) is 66.4 Å². The number of rotatable bonds is 4.